The maximum atomic E-state index is 9.89. The van der Waals surface area contributed by atoms with Gasteiger partial charge in [-0.25, -0.2) is 0 Å². The van der Waals surface area contributed by atoms with E-state index in [1.807, 2.05) is 18.2 Å². The third-order valence-electron chi connectivity index (χ3n) is 6.60. The van der Waals surface area contributed by atoms with E-state index in [-0.39, 0.29) is 10.8 Å². The van der Waals surface area contributed by atoms with Gasteiger partial charge in [0.2, 0.25) is 0 Å². The minimum absolute atomic E-state index is 0.175. The molecule has 0 radical (unpaired) electrons. The molecule has 3 aromatic rings. The summed E-state index contributed by atoms with van der Waals surface area (Å²) < 4.78 is 0. The van der Waals surface area contributed by atoms with Crippen molar-refractivity contribution in [3.63, 3.8) is 0 Å². The number of phenols is 1. The summed E-state index contributed by atoms with van der Waals surface area (Å²) in [6.45, 7) is 4.81. The highest BCUT2D eigenvalue weighted by atomic mass is 16.3. The molecule has 0 aliphatic heterocycles. The first kappa shape index (κ1) is 15.5. The van der Waals surface area contributed by atoms with Crippen LogP contribution in [0.3, 0.4) is 0 Å². The lowest BCUT2D eigenvalue weighted by Gasteiger charge is -2.19. The second kappa shape index (κ2) is 5.11. The van der Waals surface area contributed by atoms with Crippen LogP contribution in [0.25, 0.3) is 11.6 Å². The molecule has 2 aliphatic rings. The zero-order valence-corrected chi connectivity index (χ0v) is 15.2. The quantitative estimate of drug-likeness (QED) is 0.584. The molecule has 1 heteroatoms. The van der Waals surface area contributed by atoms with Gasteiger partial charge in [0.05, 0.1) is 0 Å². The lowest BCUT2D eigenvalue weighted by molar-refractivity contribution is 0.475. The smallest absolute Gasteiger partial charge is 0.116 e. The van der Waals surface area contributed by atoms with Crippen molar-refractivity contribution in [1.82, 2.24) is 0 Å². The topological polar surface area (TPSA) is 20.2 Å². The molecular formula is C25H22O. The molecule has 3 aromatic carbocycles. The second-order valence-electron chi connectivity index (χ2n) is 8.09. The van der Waals surface area contributed by atoms with E-state index < -0.39 is 0 Å². The van der Waals surface area contributed by atoms with Crippen LogP contribution in [0.2, 0.25) is 0 Å². The van der Waals surface area contributed by atoms with E-state index in [1.165, 1.54) is 34.2 Å². The first-order valence-corrected chi connectivity index (χ1v) is 9.23. The van der Waals surface area contributed by atoms with Gasteiger partial charge in [0.15, 0.2) is 0 Å². The molecule has 1 N–H and O–H groups in total. The fraction of sp³-hybridized carbons (Fsp3) is 0.200. The Morgan fingerprint density at radius 2 is 1.35 bits per heavy atom. The summed E-state index contributed by atoms with van der Waals surface area (Å²) >= 11 is 0. The minimum atomic E-state index is 0.175. The Morgan fingerprint density at radius 1 is 0.769 bits per heavy atom. The summed E-state index contributed by atoms with van der Waals surface area (Å²) in [7, 11) is 0. The van der Waals surface area contributed by atoms with Gasteiger partial charge in [-0.15, -0.1) is 0 Å². The van der Waals surface area contributed by atoms with Gasteiger partial charge < -0.3 is 5.11 Å². The molecular weight excluding hydrogens is 316 g/mol. The molecule has 0 bridgehead atoms. The Kier molecular flexibility index (Phi) is 3.04. The van der Waals surface area contributed by atoms with Gasteiger partial charge in [0.25, 0.3) is 0 Å². The Balaban J connectivity index is 1.85. The molecule has 128 valence electrons. The van der Waals surface area contributed by atoms with Crippen molar-refractivity contribution in [1.29, 1.82) is 0 Å². The Bertz CT molecular complexity index is 1000. The van der Waals surface area contributed by atoms with E-state index in [2.05, 4.69) is 68.5 Å². The molecule has 0 heterocycles. The Labute approximate surface area is 154 Å². The lowest BCUT2D eigenvalue weighted by Crippen LogP contribution is -2.16. The highest BCUT2D eigenvalue weighted by Gasteiger charge is 2.64. The molecule has 1 saturated carbocycles. The third kappa shape index (κ3) is 1.97. The molecule has 1 unspecified atom stereocenters. The average molecular weight is 338 g/mol. The highest BCUT2D eigenvalue weighted by Crippen LogP contribution is 2.68. The van der Waals surface area contributed by atoms with Crippen LogP contribution in [0, 0.1) is 0 Å². The maximum Gasteiger partial charge on any atom is 0.116 e. The Morgan fingerprint density at radius 3 is 1.92 bits per heavy atom. The van der Waals surface area contributed by atoms with Crippen molar-refractivity contribution < 1.29 is 5.11 Å². The standard InChI is InChI=1S/C25H22O/c1-24-16-25(24,2)23-13-6-4-11-20(23)21(19-10-3-5-12-22(19)24)15-17-8-7-9-18(26)14-17/h3-15,26H,16H2,1-2H3/b21-15-/t24?,25-/m1/s1. The second-order valence-corrected chi connectivity index (χ2v) is 8.09. The van der Waals surface area contributed by atoms with Gasteiger partial charge in [-0.1, -0.05) is 74.5 Å². The summed E-state index contributed by atoms with van der Waals surface area (Å²) in [5, 5.41) is 9.89. The maximum absolute atomic E-state index is 9.89. The molecule has 26 heavy (non-hydrogen) atoms. The van der Waals surface area contributed by atoms with Crippen molar-refractivity contribution in [3.05, 3.63) is 101 Å². The average Bonchev–Trinajstić information content (AvgIpc) is 3.24. The highest BCUT2D eigenvalue weighted by molar-refractivity contribution is 5.96. The molecule has 2 aliphatic carbocycles. The number of fused-ring (bicyclic) bond motifs is 5. The first-order valence-electron chi connectivity index (χ1n) is 9.23. The van der Waals surface area contributed by atoms with Crippen LogP contribution in [0.15, 0.2) is 72.8 Å². The predicted octanol–water partition coefficient (Wildman–Crippen LogP) is 5.91. The Hall–Kier alpha value is -2.80. The van der Waals surface area contributed by atoms with Gasteiger partial charge in [-0.05, 0) is 58.0 Å². The minimum Gasteiger partial charge on any atom is -0.508 e. The zero-order chi connectivity index (χ0) is 17.9. The van der Waals surface area contributed by atoms with Crippen LogP contribution < -0.4 is 0 Å². The van der Waals surface area contributed by atoms with Crippen LogP contribution in [0.1, 0.15) is 48.1 Å². The number of benzene rings is 3. The number of hydrogen-bond acceptors (Lipinski definition) is 1. The van der Waals surface area contributed by atoms with Crippen LogP contribution >= 0.6 is 0 Å². The van der Waals surface area contributed by atoms with Crippen molar-refractivity contribution in [3.8, 4) is 5.75 Å². The van der Waals surface area contributed by atoms with E-state index in [0.29, 0.717) is 5.75 Å². The van der Waals surface area contributed by atoms with E-state index in [0.717, 1.165) is 5.56 Å². The number of aromatic hydroxyl groups is 1. The van der Waals surface area contributed by atoms with Gasteiger partial charge >= 0.3 is 0 Å². The molecule has 0 amide bonds. The summed E-state index contributed by atoms with van der Waals surface area (Å²) in [4.78, 5) is 0. The summed E-state index contributed by atoms with van der Waals surface area (Å²) in [6.07, 6.45) is 3.41. The van der Waals surface area contributed by atoms with E-state index in [9.17, 15) is 5.11 Å². The number of rotatable bonds is 1. The summed E-state index contributed by atoms with van der Waals surface area (Å²) in [5.74, 6) is 0.302. The molecule has 0 aromatic heterocycles. The van der Waals surface area contributed by atoms with Crippen LogP contribution in [0.4, 0.5) is 0 Å². The van der Waals surface area contributed by atoms with Crippen LogP contribution in [-0.2, 0) is 10.8 Å². The fourth-order valence-electron chi connectivity index (χ4n) is 4.93. The monoisotopic (exact) mass is 338 g/mol. The molecule has 1 nitrogen and oxygen atoms in total. The van der Waals surface area contributed by atoms with Crippen molar-refractivity contribution in [2.45, 2.75) is 31.1 Å². The van der Waals surface area contributed by atoms with Crippen LogP contribution in [-0.4, -0.2) is 5.11 Å². The van der Waals surface area contributed by atoms with Crippen LogP contribution in [0.5, 0.6) is 5.75 Å². The number of phenolic OH excluding ortho intramolecular Hbond substituents is 1. The molecule has 1 fully saturated rings. The van der Waals surface area contributed by atoms with E-state index >= 15 is 0 Å². The molecule has 0 spiro atoms. The first-order chi connectivity index (χ1) is 12.5. The van der Waals surface area contributed by atoms with Gasteiger partial charge in [-0.2, -0.15) is 0 Å². The van der Waals surface area contributed by atoms with Crippen molar-refractivity contribution in [2.24, 2.45) is 0 Å². The summed E-state index contributed by atoms with van der Waals surface area (Å²) in [5.41, 5.74) is 8.11. The number of hydrogen-bond donors (Lipinski definition) is 1. The van der Waals surface area contributed by atoms with Crippen molar-refractivity contribution >= 4 is 11.6 Å². The molecule has 2 atom stereocenters. The van der Waals surface area contributed by atoms with Gasteiger partial charge in [0.1, 0.15) is 5.75 Å². The normalized spacial score (nSPS) is 27.2. The largest absolute Gasteiger partial charge is 0.508 e. The van der Waals surface area contributed by atoms with Gasteiger partial charge in [0, 0.05) is 10.8 Å². The molecule has 0 saturated heterocycles. The predicted molar refractivity (Wildman–Crippen MR) is 107 cm³/mol. The third-order valence-corrected chi connectivity index (χ3v) is 6.60. The van der Waals surface area contributed by atoms with E-state index in [4.69, 9.17) is 0 Å². The zero-order valence-electron chi connectivity index (χ0n) is 15.2. The van der Waals surface area contributed by atoms with E-state index in [1.54, 1.807) is 6.07 Å². The SMILES string of the molecule is CC12C[C@]1(C)c1ccccc1/C(=C\c1cccc(O)c1)c1ccccc12. The van der Waals surface area contributed by atoms with Gasteiger partial charge in [-0.3, -0.25) is 0 Å². The fourth-order valence-corrected chi connectivity index (χ4v) is 4.93. The lowest BCUT2D eigenvalue weighted by atomic mass is 9.84. The molecule has 5 rings (SSSR count). The summed E-state index contributed by atoms with van der Waals surface area (Å²) in [6, 6.07) is 25.1. The van der Waals surface area contributed by atoms with Crippen molar-refractivity contribution in [2.75, 3.05) is 0 Å².